The van der Waals surface area contributed by atoms with E-state index in [1.165, 1.54) is 5.56 Å². The van der Waals surface area contributed by atoms with Gasteiger partial charge in [0.2, 0.25) is 0 Å². The molecule has 0 spiro atoms. The van der Waals surface area contributed by atoms with E-state index in [4.69, 9.17) is 4.74 Å². The molecule has 1 aromatic carbocycles. The zero-order valence-electron chi connectivity index (χ0n) is 14.1. The monoisotopic (exact) mass is 316 g/mol. The van der Waals surface area contributed by atoms with Crippen LogP contribution in [-0.4, -0.2) is 52.8 Å². The lowest BCUT2D eigenvalue weighted by Crippen LogP contribution is -2.46. The molecule has 124 valence electrons. The quantitative estimate of drug-likeness (QED) is 0.913. The molecule has 1 aromatic heterocycles. The van der Waals surface area contributed by atoms with Gasteiger partial charge in [-0.25, -0.2) is 0 Å². The second kappa shape index (κ2) is 5.98. The van der Waals surface area contributed by atoms with Crippen molar-refractivity contribution in [1.29, 1.82) is 0 Å². The second-order valence-electron chi connectivity index (χ2n) is 6.39. The van der Waals surface area contributed by atoms with Crippen LogP contribution in [0.1, 0.15) is 34.1 Å². The first-order chi connectivity index (χ1) is 10.9. The van der Waals surface area contributed by atoms with Crippen molar-refractivity contribution >= 4 is 16.8 Å². The molecule has 0 saturated carbocycles. The molecule has 1 fully saturated rings. The molecule has 0 radical (unpaired) electrons. The molecular formula is C18H24N2O3. The maximum Gasteiger partial charge on any atom is 0.270 e. The van der Waals surface area contributed by atoms with Crippen LogP contribution in [0.2, 0.25) is 0 Å². The molecule has 2 heterocycles. The van der Waals surface area contributed by atoms with E-state index in [0.717, 1.165) is 22.0 Å². The Morgan fingerprint density at radius 3 is 2.70 bits per heavy atom. The minimum absolute atomic E-state index is 0.0761. The van der Waals surface area contributed by atoms with Crippen molar-refractivity contribution in [2.24, 2.45) is 0 Å². The number of carbonyl (C=O) groups is 1. The van der Waals surface area contributed by atoms with Gasteiger partial charge in [0, 0.05) is 17.4 Å². The summed E-state index contributed by atoms with van der Waals surface area (Å²) in [5.41, 5.74) is 4.89. The number of ether oxygens (including phenoxy) is 1. The van der Waals surface area contributed by atoms with E-state index in [9.17, 15) is 9.90 Å². The number of aromatic nitrogens is 1. The number of amides is 1. The molecule has 3 rings (SSSR count). The number of nitrogens with one attached hydrogen (secondary N) is 1. The molecule has 0 aliphatic carbocycles. The topological polar surface area (TPSA) is 65.6 Å². The van der Waals surface area contributed by atoms with Gasteiger partial charge in [0.05, 0.1) is 25.4 Å². The summed E-state index contributed by atoms with van der Waals surface area (Å²) in [5, 5.41) is 11.1. The third kappa shape index (κ3) is 2.64. The number of carbonyl (C=O) groups excluding carboxylic acids is 1. The van der Waals surface area contributed by atoms with Gasteiger partial charge in [-0.15, -0.1) is 0 Å². The number of aliphatic hydroxyl groups excluding tert-OH is 1. The van der Waals surface area contributed by atoms with E-state index in [1.807, 2.05) is 20.8 Å². The Morgan fingerprint density at radius 1 is 1.35 bits per heavy atom. The van der Waals surface area contributed by atoms with Crippen LogP contribution in [-0.2, 0) is 4.74 Å². The largest absolute Gasteiger partial charge is 0.388 e. The molecule has 1 amide bonds. The molecule has 5 nitrogen and oxygen atoms in total. The summed E-state index contributed by atoms with van der Waals surface area (Å²) in [6.07, 6.45) is -0.618. The van der Waals surface area contributed by atoms with Gasteiger partial charge in [-0.3, -0.25) is 4.79 Å². The van der Waals surface area contributed by atoms with Crippen LogP contribution in [0.4, 0.5) is 0 Å². The van der Waals surface area contributed by atoms with E-state index in [0.29, 0.717) is 25.5 Å². The summed E-state index contributed by atoms with van der Waals surface area (Å²) in [6, 6.07) is 3.94. The van der Waals surface area contributed by atoms with Crippen LogP contribution in [0.25, 0.3) is 10.9 Å². The predicted octanol–water partition coefficient (Wildman–Crippen LogP) is 2.31. The molecule has 1 aliphatic rings. The highest BCUT2D eigenvalue weighted by Gasteiger charge is 2.35. The number of aliphatic hydroxyl groups is 1. The molecule has 2 aromatic rings. The number of H-pyrrole nitrogens is 1. The Hall–Kier alpha value is -1.85. The van der Waals surface area contributed by atoms with Crippen molar-refractivity contribution in [2.75, 3.05) is 19.8 Å². The molecular weight excluding hydrogens is 292 g/mol. The highest BCUT2D eigenvalue weighted by atomic mass is 16.5. The molecule has 2 atom stereocenters. The zero-order chi connectivity index (χ0) is 16.7. The lowest BCUT2D eigenvalue weighted by Gasteiger charge is -2.28. The summed E-state index contributed by atoms with van der Waals surface area (Å²) in [5.74, 6) is -0.0761. The predicted molar refractivity (Wildman–Crippen MR) is 89.8 cm³/mol. The summed E-state index contributed by atoms with van der Waals surface area (Å²) in [7, 11) is 0. The number of hydrogen-bond acceptors (Lipinski definition) is 3. The number of aromatic amines is 1. The van der Waals surface area contributed by atoms with E-state index in [2.05, 4.69) is 24.0 Å². The number of fused-ring (bicyclic) bond motifs is 1. The van der Waals surface area contributed by atoms with Gasteiger partial charge >= 0.3 is 0 Å². The number of hydrogen-bond donors (Lipinski definition) is 2. The molecule has 0 bridgehead atoms. The third-order valence-corrected chi connectivity index (χ3v) is 4.75. The van der Waals surface area contributed by atoms with Crippen molar-refractivity contribution in [3.8, 4) is 0 Å². The fourth-order valence-corrected chi connectivity index (χ4v) is 3.50. The Bertz CT molecular complexity index is 750. The molecule has 5 heteroatoms. The van der Waals surface area contributed by atoms with Crippen LogP contribution in [0.15, 0.2) is 12.1 Å². The summed E-state index contributed by atoms with van der Waals surface area (Å²) in [6.45, 7) is 9.22. The average molecular weight is 316 g/mol. The maximum absolute atomic E-state index is 13.0. The van der Waals surface area contributed by atoms with Gasteiger partial charge in [-0.2, -0.15) is 0 Å². The van der Waals surface area contributed by atoms with Gasteiger partial charge in [-0.05, 0) is 44.9 Å². The fourth-order valence-electron chi connectivity index (χ4n) is 3.50. The summed E-state index contributed by atoms with van der Waals surface area (Å²) >= 11 is 0. The number of nitrogens with zero attached hydrogens (tertiary/aromatic N) is 1. The molecule has 2 N–H and O–H groups in total. The Morgan fingerprint density at radius 2 is 2.09 bits per heavy atom. The fraction of sp³-hybridized carbons (Fsp3) is 0.500. The van der Waals surface area contributed by atoms with Gasteiger partial charge in [0.1, 0.15) is 5.69 Å². The van der Waals surface area contributed by atoms with Crippen LogP contribution < -0.4 is 0 Å². The van der Waals surface area contributed by atoms with Crippen molar-refractivity contribution in [1.82, 2.24) is 9.88 Å². The second-order valence-corrected chi connectivity index (χ2v) is 6.39. The Labute approximate surface area is 136 Å². The van der Waals surface area contributed by atoms with Crippen LogP contribution in [0.3, 0.4) is 0 Å². The molecule has 1 saturated heterocycles. The molecule has 0 unspecified atom stereocenters. The standard InChI is InChI=1S/C18H24N2O3/c1-5-20(14-8-23-9-15(14)21)18(22)17-12(4)13-7-10(2)6-11(3)16(13)19-17/h6-7,14-15,19,21H,5,8-9H2,1-4H3/t14-,15-/m0/s1. The van der Waals surface area contributed by atoms with E-state index < -0.39 is 6.10 Å². The maximum atomic E-state index is 13.0. The van der Waals surface area contributed by atoms with Gasteiger partial charge in [-0.1, -0.05) is 11.6 Å². The van der Waals surface area contributed by atoms with Crippen LogP contribution in [0.5, 0.6) is 0 Å². The van der Waals surface area contributed by atoms with Crippen LogP contribution >= 0.6 is 0 Å². The normalized spacial score (nSPS) is 21.1. The Kier molecular flexibility index (Phi) is 4.17. The lowest BCUT2D eigenvalue weighted by molar-refractivity contribution is 0.0515. The minimum atomic E-state index is -0.618. The summed E-state index contributed by atoms with van der Waals surface area (Å²) in [4.78, 5) is 18.0. The average Bonchev–Trinajstić information content (AvgIpc) is 3.05. The van der Waals surface area contributed by atoms with Gasteiger partial charge in [0.15, 0.2) is 0 Å². The van der Waals surface area contributed by atoms with Crippen LogP contribution in [0, 0.1) is 20.8 Å². The van der Waals surface area contributed by atoms with Crippen molar-refractivity contribution < 1.29 is 14.6 Å². The molecule has 1 aliphatic heterocycles. The smallest absolute Gasteiger partial charge is 0.270 e. The lowest BCUT2D eigenvalue weighted by atomic mass is 10.1. The highest BCUT2D eigenvalue weighted by molar-refractivity contribution is 6.02. The number of rotatable bonds is 3. The first-order valence-corrected chi connectivity index (χ1v) is 8.10. The van der Waals surface area contributed by atoms with Crippen molar-refractivity contribution in [3.05, 3.63) is 34.5 Å². The molecule has 23 heavy (non-hydrogen) atoms. The number of likely N-dealkylation sites (N-methyl/N-ethyl adjacent to an activating group) is 1. The zero-order valence-corrected chi connectivity index (χ0v) is 14.1. The number of aryl methyl sites for hydroxylation is 3. The van der Waals surface area contributed by atoms with E-state index in [-0.39, 0.29) is 11.9 Å². The SMILES string of the molecule is CCN(C(=O)c1[nH]c2c(C)cc(C)cc2c1C)[C@H]1COC[C@@H]1O. The van der Waals surface area contributed by atoms with Gasteiger partial charge < -0.3 is 19.7 Å². The highest BCUT2D eigenvalue weighted by Crippen LogP contribution is 2.27. The Balaban J connectivity index is 2.03. The first-order valence-electron chi connectivity index (χ1n) is 8.10. The number of benzene rings is 1. The third-order valence-electron chi connectivity index (χ3n) is 4.75. The van der Waals surface area contributed by atoms with E-state index >= 15 is 0 Å². The first kappa shape index (κ1) is 16.0. The van der Waals surface area contributed by atoms with E-state index in [1.54, 1.807) is 4.90 Å². The van der Waals surface area contributed by atoms with Gasteiger partial charge in [0.25, 0.3) is 5.91 Å². The summed E-state index contributed by atoms with van der Waals surface area (Å²) < 4.78 is 5.31. The van der Waals surface area contributed by atoms with Crippen molar-refractivity contribution in [3.63, 3.8) is 0 Å². The minimum Gasteiger partial charge on any atom is -0.388 e. The van der Waals surface area contributed by atoms with Crippen molar-refractivity contribution in [2.45, 2.75) is 39.8 Å².